The second-order valence-corrected chi connectivity index (χ2v) is 11.0. The van der Waals surface area contributed by atoms with Gasteiger partial charge in [-0.2, -0.15) is 0 Å². The molecule has 5 aromatic rings. The van der Waals surface area contributed by atoms with Crippen LogP contribution in [0, 0.1) is 0 Å². The Bertz CT molecular complexity index is 1690. The quantitative estimate of drug-likeness (QED) is 0.176. The minimum Gasteiger partial charge on any atom is -0.492 e. The van der Waals surface area contributed by atoms with Crippen LogP contribution in [0.3, 0.4) is 0 Å². The Morgan fingerprint density at radius 2 is 1.74 bits per heavy atom. The second-order valence-electron chi connectivity index (χ2n) is 10.6. The van der Waals surface area contributed by atoms with E-state index in [0.29, 0.717) is 35.1 Å². The van der Waals surface area contributed by atoms with Crippen molar-refractivity contribution in [2.24, 2.45) is 0 Å². The Morgan fingerprint density at radius 1 is 0.977 bits per heavy atom. The molecule has 218 valence electrons. The lowest BCUT2D eigenvalue weighted by molar-refractivity contribution is 0.0910. The maximum Gasteiger partial charge on any atom is 0.255 e. The number of carbonyl (C=O) groups excluding carboxylic acids is 1. The molecule has 1 aromatic heterocycles. The maximum absolute atomic E-state index is 13.4. The number of halogens is 1. The van der Waals surface area contributed by atoms with Gasteiger partial charge in [0, 0.05) is 42.3 Å². The van der Waals surface area contributed by atoms with Crippen LogP contribution >= 0.6 is 11.6 Å². The molecule has 2 unspecified atom stereocenters. The van der Waals surface area contributed by atoms with Gasteiger partial charge in [0.1, 0.15) is 5.75 Å². The predicted octanol–water partition coefficient (Wildman–Crippen LogP) is 6.33. The molecular weight excluding hydrogens is 560 g/mol. The highest BCUT2D eigenvalue weighted by Crippen LogP contribution is 2.36. The van der Waals surface area contributed by atoms with E-state index < -0.39 is 6.04 Å². The monoisotopic (exact) mass is 592 g/mol. The third-order valence-electron chi connectivity index (χ3n) is 7.83. The van der Waals surface area contributed by atoms with Crippen molar-refractivity contribution in [1.29, 1.82) is 0 Å². The number of nitrogens with zero attached hydrogens (tertiary/aromatic N) is 2. The van der Waals surface area contributed by atoms with E-state index in [9.17, 15) is 9.90 Å². The van der Waals surface area contributed by atoms with E-state index in [1.54, 1.807) is 18.2 Å². The summed E-state index contributed by atoms with van der Waals surface area (Å²) in [5.41, 5.74) is 6.68. The van der Waals surface area contributed by atoms with Crippen LogP contribution in [-0.4, -0.2) is 33.8 Å². The zero-order valence-corrected chi connectivity index (χ0v) is 24.4. The number of nitrogens with one attached hydrogen (secondary N) is 2. The summed E-state index contributed by atoms with van der Waals surface area (Å²) in [5, 5.41) is 17.1. The van der Waals surface area contributed by atoms with E-state index in [1.807, 2.05) is 42.9 Å². The van der Waals surface area contributed by atoms with Gasteiger partial charge < -0.3 is 25.0 Å². The highest BCUT2D eigenvalue weighted by Gasteiger charge is 2.27. The van der Waals surface area contributed by atoms with Crippen molar-refractivity contribution in [1.82, 2.24) is 20.2 Å². The molecule has 0 aliphatic carbocycles. The summed E-state index contributed by atoms with van der Waals surface area (Å²) in [5.74, 6) is 0.236. The number of benzene rings is 4. The third kappa shape index (κ3) is 6.49. The van der Waals surface area contributed by atoms with E-state index in [1.165, 1.54) is 16.7 Å². The van der Waals surface area contributed by atoms with Crippen molar-refractivity contribution in [2.45, 2.75) is 31.6 Å². The molecule has 1 amide bonds. The van der Waals surface area contributed by atoms with Gasteiger partial charge in [-0.3, -0.25) is 4.79 Å². The van der Waals surface area contributed by atoms with Gasteiger partial charge in [0.2, 0.25) is 0 Å². The van der Waals surface area contributed by atoms with Crippen LogP contribution in [0.4, 0.5) is 0 Å². The number of rotatable bonds is 10. The fraction of sp³-hybridized carbons (Fsp3) is 0.200. The zero-order valence-electron chi connectivity index (χ0n) is 23.6. The molecule has 0 bridgehead atoms. The van der Waals surface area contributed by atoms with Crippen LogP contribution in [0.5, 0.6) is 5.75 Å². The number of imidazole rings is 1. The van der Waals surface area contributed by atoms with Crippen LogP contribution in [0.25, 0.3) is 11.1 Å². The number of amides is 1. The number of aromatic nitrogens is 2. The van der Waals surface area contributed by atoms with Gasteiger partial charge in [0.15, 0.2) is 0 Å². The Balaban J connectivity index is 1.13. The number of aliphatic hydroxyl groups excluding tert-OH is 1. The second kappa shape index (κ2) is 13.3. The predicted molar refractivity (Wildman–Crippen MR) is 168 cm³/mol. The lowest BCUT2D eigenvalue weighted by atomic mass is 9.96. The Morgan fingerprint density at radius 3 is 2.53 bits per heavy atom. The third-order valence-corrected chi connectivity index (χ3v) is 8.17. The molecule has 1 aliphatic rings. The number of fused-ring (bicyclic) bond motifs is 1. The molecule has 4 aromatic carbocycles. The lowest BCUT2D eigenvalue weighted by Crippen LogP contribution is -2.33. The molecular formula is C35H33ClN4O3. The zero-order chi connectivity index (χ0) is 29.6. The van der Waals surface area contributed by atoms with Gasteiger partial charge in [-0.15, -0.1) is 0 Å². The average Bonchev–Trinajstić information content (AvgIpc) is 3.50. The Labute approximate surface area is 256 Å². The summed E-state index contributed by atoms with van der Waals surface area (Å²) in [6.07, 6.45) is 4.52. The molecule has 6 rings (SSSR count). The first-order valence-electron chi connectivity index (χ1n) is 14.4. The van der Waals surface area contributed by atoms with Crippen LogP contribution < -0.4 is 15.4 Å². The minimum atomic E-state index is -0.635. The Hall–Kier alpha value is -4.43. The Kier molecular flexibility index (Phi) is 8.84. The summed E-state index contributed by atoms with van der Waals surface area (Å²) >= 11 is 6.32. The van der Waals surface area contributed by atoms with Crippen molar-refractivity contribution >= 4 is 17.5 Å². The fourth-order valence-corrected chi connectivity index (χ4v) is 5.79. The summed E-state index contributed by atoms with van der Waals surface area (Å²) < 4.78 is 8.18. The highest BCUT2D eigenvalue weighted by molar-refractivity contribution is 6.31. The molecule has 0 fully saturated rings. The smallest absolute Gasteiger partial charge is 0.255 e. The molecule has 2 heterocycles. The first-order chi connectivity index (χ1) is 21.1. The number of aliphatic hydroxyl groups is 1. The number of hydrogen-bond acceptors (Lipinski definition) is 5. The van der Waals surface area contributed by atoms with Crippen LogP contribution in [0.1, 0.15) is 51.2 Å². The highest BCUT2D eigenvalue weighted by atomic mass is 35.5. The molecule has 8 heteroatoms. The number of carbonyl (C=O) groups is 1. The van der Waals surface area contributed by atoms with Crippen LogP contribution in [-0.2, 0) is 13.1 Å². The number of hydrogen-bond donors (Lipinski definition) is 3. The van der Waals surface area contributed by atoms with Crippen molar-refractivity contribution in [3.05, 3.63) is 143 Å². The average molecular weight is 593 g/mol. The summed E-state index contributed by atoms with van der Waals surface area (Å²) in [6, 6.07) is 31.1. The molecule has 0 spiro atoms. The van der Waals surface area contributed by atoms with E-state index in [-0.39, 0.29) is 18.6 Å². The summed E-state index contributed by atoms with van der Waals surface area (Å²) in [4.78, 5) is 17.8. The largest absolute Gasteiger partial charge is 0.492 e. The fourth-order valence-electron chi connectivity index (χ4n) is 5.53. The molecule has 7 nitrogen and oxygen atoms in total. The SMILES string of the molecule is O=C(NC(CO)c1ccccc1Cl)c1cccc2c1OCCC2NCc1cncn1Cc1ccc(-c2ccccc2)cc1. The van der Waals surface area contributed by atoms with Crippen molar-refractivity contribution in [2.75, 3.05) is 13.2 Å². The normalized spacial score (nSPS) is 14.9. The molecule has 0 radical (unpaired) electrons. The first kappa shape index (κ1) is 28.7. The number of para-hydroxylation sites is 1. The topological polar surface area (TPSA) is 88.4 Å². The van der Waals surface area contributed by atoms with Gasteiger partial charge in [-0.25, -0.2) is 4.98 Å². The van der Waals surface area contributed by atoms with Crippen molar-refractivity contribution < 1.29 is 14.6 Å². The van der Waals surface area contributed by atoms with E-state index in [4.69, 9.17) is 16.3 Å². The standard InChI is InChI=1S/C35H33ClN4O3/c36-31-12-5-4-9-28(31)33(22-41)39-35(42)30-11-6-10-29-32(17-18-43-34(29)30)38-20-27-19-37-23-40(27)21-24-13-15-26(16-14-24)25-7-2-1-3-8-25/h1-16,19,23,32-33,38,41H,17-18,20-22H2,(H,39,42). The van der Waals surface area contributed by atoms with Gasteiger partial charge in [-0.1, -0.05) is 96.5 Å². The molecule has 2 atom stereocenters. The molecule has 43 heavy (non-hydrogen) atoms. The van der Waals surface area contributed by atoms with E-state index in [0.717, 1.165) is 24.2 Å². The maximum atomic E-state index is 13.4. The van der Waals surface area contributed by atoms with Gasteiger partial charge in [-0.05, 0) is 34.4 Å². The molecule has 0 saturated carbocycles. The summed E-state index contributed by atoms with van der Waals surface area (Å²) in [7, 11) is 0. The molecule has 0 saturated heterocycles. The molecule has 1 aliphatic heterocycles. The van der Waals surface area contributed by atoms with Crippen molar-refractivity contribution in [3.63, 3.8) is 0 Å². The van der Waals surface area contributed by atoms with Crippen molar-refractivity contribution in [3.8, 4) is 16.9 Å². The van der Waals surface area contributed by atoms with Crippen LogP contribution in [0.15, 0.2) is 110 Å². The molecule has 3 N–H and O–H groups in total. The van der Waals surface area contributed by atoms with E-state index in [2.05, 4.69) is 68.7 Å². The lowest BCUT2D eigenvalue weighted by Gasteiger charge is -2.29. The summed E-state index contributed by atoms with van der Waals surface area (Å²) in [6.45, 7) is 1.54. The number of ether oxygens (including phenoxy) is 1. The van der Waals surface area contributed by atoms with Crippen LogP contribution in [0.2, 0.25) is 5.02 Å². The van der Waals surface area contributed by atoms with E-state index >= 15 is 0 Å². The van der Waals surface area contributed by atoms with Gasteiger partial charge in [0.05, 0.1) is 36.8 Å². The first-order valence-corrected chi connectivity index (χ1v) is 14.8. The minimum absolute atomic E-state index is 0.00205. The van der Waals surface area contributed by atoms with Gasteiger partial charge in [0.25, 0.3) is 5.91 Å². The van der Waals surface area contributed by atoms with Gasteiger partial charge >= 0.3 is 0 Å².